The molecule has 1 amide bonds. The Kier molecular flexibility index (Phi) is 5.10. The van der Waals surface area contributed by atoms with Crippen LogP contribution in [0.1, 0.15) is 31.1 Å². The van der Waals surface area contributed by atoms with Crippen molar-refractivity contribution in [1.82, 2.24) is 24.6 Å². The molecule has 9 heteroatoms. The van der Waals surface area contributed by atoms with Gasteiger partial charge in [-0.3, -0.25) is 4.79 Å². The van der Waals surface area contributed by atoms with E-state index < -0.39 is 0 Å². The van der Waals surface area contributed by atoms with Crippen molar-refractivity contribution < 1.29 is 14.1 Å². The zero-order valence-corrected chi connectivity index (χ0v) is 16.9. The van der Waals surface area contributed by atoms with E-state index in [1.807, 2.05) is 48.5 Å². The molecule has 152 valence electrons. The number of fused-ring (bicyclic) bond motifs is 1. The lowest BCUT2D eigenvalue weighted by molar-refractivity contribution is -0.137. The third-order valence-corrected chi connectivity index (χ3v) is 5.87. The van der Waals surface area contributed by atoms with E-state index in [1.54, 1.807) is 4.90 Å². The van der Waals surface area contributed by atoms with Gasteiger partial charge in [0.2, 0.25) is 0 Å². The molecule has 0 unspecified atom stereocenters. The number of benzene rings is 2. The molecule has 1 aliphatic heterocycles. The second-order valence-electron chi connectivity index (χ2n) is 7.11. The van der Waals surface area contributed by atoms with E-state index in [0.29, 0.717) is 24.0 Å². The smallest absolute Gasteiger partial charge is 0.261 e. The summed E-state index contributed by atoms with van der Waals surface area (Å²) in [5, 5.41) is 8.27. The average molecular weight is 421 g/mol. The summed E-state index contributed by atoms with van der Waals surface area (Å²) in [5.74, 6) is 1.53. The summed E-state index contributed by atoms with van der Waals surface area (Å²) >= 11 is 1.34. The fourth-order valence-electron chi connectivity index (χ4n) is 3.64. The monoisotopic (exact) mass is 421 g/mol. The largest absolute Gasteiger partial charge is 0.484 e. The summed E-state index contributed by atoms with van der Waals surface area (Å²) in [4.78, 5) is 19.2. The van der Waals surface area contributed by atoms with E-state index in [-0.39, 0.29) is 18.6 Å². The number of para-hydroxylation sites is 1. The van der Waals surface area contributed by atoms with E-state index in [0.717, 1.165) is 35.0 Å². The first-order chi connectivity index (χ1) is 14.8. The first kappa shape index (κ1) is 18.7. The van der Waals surface area contributed by atoms with Crippen LogP contribution in [0.2, 0.25) is 0 Å². The summed E-state index contributed by atoms with van der Waals surface area (Å²) in [5.41, 5.74) is 1.58. The van der Waals surface area contributed by atoms with E-state index in [4.69, 9.17) is 9.26 Å². The molecule has 1 aliphatic rings. The second-order valence-corrected chi connectivity index (χ2v) is 7.90. The molecule has 0 aliphatic carbocycles. The Morgan fingerprint density at radius 3 is 3.00 bits per heavy atom. The van der Waals surface area contributed by atoms with Gasteiger partial charge in [-0.1, -0.05) is 27.8 Å². The normalized spacial score (nSPS) is 16.7. The molecule has 5 rings (SSSR count). The lowest BCUT2D eigenvalue weighted by atomic mass is 10.0. The maximum absolute atomic E-state index is 12.8. The Labute approximate surface area is 176 Å². The minimum absolute atomic E-state index is 0.0152. The summed E-state index contributed by atoms with van der Waals surface area (Å²) in [6, 6.07) is 14.9. The number of nitrogens with zero attached hydrogens (tertiary/aromatic N) is 5. The highest BCUT2D eigenvalue weighted by Crippen LogP contribution is 2.31. The topological polar surface area (TPSA) is 94.2 Å². The number of hydrogen-bond acceptors (Lipinski definition) is 8. The van der Waals surface area contributed by atoms with Crippen molar-refractivity contribution in [3.63, 3.8) is 0 Å². The van der Waals surface area contributed by atoms with Gasteiger partial charge in [-0.15, -0.1) is 5.10 Å². The molecule has 1 saturated heterocycles. The van der Waals surface area contributed by atoms with Crippen LogP contribution in [-0.2, 0) is 4.79 Å². The Hall–Kier alpha value is -3.33. The number of likely N-dealkylation sites (tertiary alicyclic amines) is 1. The molecular formula is C21H19N5O3S. The van der Waals surface area contributed by atoms with Crippen LogP contribution in [0.25, 0.3) is 21.7 Å². The summed E-state index contributed by atoms with van der Waals surface area (Å²) in [7, 11) is 0. The van der Waals surface area contributed by atoms with Gasteiger partial charge in [0.15, 0.2) is 12.4 Å². The number of carbonyl (C=O) groups is 1. The van der Waals surface area contributed by atoms with Crippen LogP contribution in [0.3, 0.4) is 0 Å². The number of aromatic nitrogens is 4. The van der Waals surface area contributed by atoms with Crippen LogP contribution in [-0.4, -0.2) is 43.7 Å². The van der Waals surface area contributed by atoms with Gasteiger partial charge in [-0.25, -0.2) is 0 Å². The van der Waals surface area contributed by atoms with Crippen molar-refractivity contribution in [2.75, 3.05) is 13.2 Å². The summed E-state index contributed by atoms with van der Waals surface area (Å²) in [6.45, 7) is 0.640. The van der Waals surface area contributed by atoms with Crippen LogP contribution < -0.4 is 4.74 Å². The summed E-state index contributed by atoms with van der Waals surface area (Å²) in [6.07, 6.45) is 2.76. The molecule has 0 saturated carbocycles. The van der Waals surface area contributed by atoms with Crippen LogP contribution >= 0.6 is 11.5 Å². The van der Waals surface area contributed by atoms with Crippen molar-refractivity contribution in [3.8, 4) is 17.2 Å². The van der Waals surface area contributed by atoms with Crippen LogP contribution in [0.5, 0.6) is 5.75 Å². The van der Waals surface area contributed by atoms with E-state index in [1.165, 1.54) is 11.5 Å². The molecule has 1 atom stereocenters. The zero-order valence-electron chi connectivity index (χ0n) is 16.1. The first-order valence-electron chi connectivity index (χ1n) is 9.81. The maximum atomic E-state index is 12.8. The Morgan fingerprint density at radius 2 is 2.10 bits per heavy atom. The van der Waals surface area contributed by atoms with E-state index >= 15 is 0 Å². The SMILES string of the molecule is O=C(COc1ccccc1)N1CCCC[C@@H]1c1noc(-c2ccc3snnc3c2)n1. The highest BCUT2D eigenvalue weighted by atomic mass is 32.1. The molecule has 0 spiro atoms. The van der Waals surface area contributed by atoms with E-state index in [9.17, 15) is 4.79 Å². The molecular weight excluding hydrogens is 402 g/mol. The van der Waals surface area contributed by atoms with Gasteiger partial charge in [0.05, 0.1) is 10.7 Å². The fourth-order valence-corrected chi connectivity index (χ4v) is 4.18. The zero-order chi connectivity index (χ0) is 20.3. The lowest BCUT2D eigenvalue weighted by Gasteiger charge is -2.33. The Balaban J connectivity index is 1.33. The van der Waals surface area contributed by atoms with Gasteiger partial charge in [-0.05, 0) is 61.1 Å². The molecule has 0 N–H and O–H groups in total. The lowest BCUT2D eigenvalue weighted by Crippen LogP contribution is -2.41. The number of amides is 1. The number of hydrogen-bond donors (Lipinski definition) is 0. The van der Waals surface area contributed by atoms with Crippen molar-refractivity contribution in [2.45, 2.75) is 25.3 Å². The molecule has 8 nitrogen and oxygen atoms in total. The Bertz CT molecular complexity index is 1160. The Morgan fingerprint density at radius 1 is 1.20 bits per heavy atom. The standard InChI is InChI=1S/C21H19N5O3S/c27-19(13-28-15-6-2-1-3-7-15)26-11-5-4-8-17(26)20-22-21(29-24-20)14-9-10-18-16(12-14)23-25-30-18/h1-3,6-7,9-10,12,17H,4-5,8,11,13H2/t17-/m1/s1. The maximum Gasteiger partial charge on any atom is 0.261 e. The molecule has 2 aromatic heterocycles. The quantitative estimate of drug-likeness (QED) is 0.483. The molecule has 2 aromatic carbocycles. The number of ether oxygens (including phenoxy) is 1. The van der Waals surface area contributed by atoms with Gasteiger partial charge in [0.25, 0.3) is 11.8 Å². The number of carbonyl (C=O) groups excluding carboxylic acids is 1. The van der Waals surface area contributed by atoms with Crippen molar-refractivity contribution >= 4 is 27.7 Å². The highest BCUT2D eigenvalue weighted by molar-refractivity contribution is 7.12. The minimum atomic E-state index is -0.215. The predicted molar refractivity (Wildman–Crippen MR) is 111 cm³/mol. The van der Waals surface area contributed by atoms with Crippen LogP contribution in [0, 0.1) is 0 Å². The second kappa shape index (κ2) is 8.19. The van der Waals surface area contributed by atoms with Gasteiger partial charge in [-0.2, -0.15) is 4.98 Å². The summed E-state index contributed by atoms with van der Waals surface area (Å²) < 4.78 is 16.1. The molecule has 4 aromatic rings. The van der Waals surface area contributed by atoms with Gasteiger partial charge in [0.1, 0.15) is 11.3 Å². The molecule has 0 radical (unpaired) electrons. The van der Waals surface area contributed by atoms with Crippen molar-refractivity contribution in [2.24, 2.45) is 0 Å². The van der Waals surface area contributed by atoms with Crippen molar-refractivity contribution in [1.29, 1.82) is 0 Å². The number of rotatable bonds is 5. The molecule has 3 heterocycles. The van der Waals surface area contributed by atoms with Gasteiger partial charge >= 0.3 is 0 Å². The highest BCUT2D eigenvalue weighted by Gasteiger charge is 2.32. The molecule has 1 fully saturated rings. The fraction of sp³-hybridized carbons (Fsp3) is 0.286. The number of piperidine rings is 1. The third kappa shape index (κ3) is 3.76. The van der Waals surface area contributed by atoms with Crippen molar-refractivity contribution in [3.05, 3.63) is 54.4 Å². The van der Waals surface area contributed by atoms with Gasteiger partial charge < -0.3 is 14.2 Å². The van der Waals surface area contributed by atoms with Gasteiger partial charge in [0, 0.05) is 12.1 Å². The molecule has 30 heavy (non-hydrogen) atoms. The third-order valence-electron chi connectivity index (χ3n) is 5.16. The minimum Gasteiger partial charge on any atom is -0.484 e. The van der Waals surface area contributed by atoms with E-state index in [2.05, 4.69) is 19.7 Å². The van der Waals surface area contributed by atoms with Crippen LogP contribution in [0.4, 0.5) is 0 Å². The molecule has 0 bridgehead atoms. The average Bonchev–Trinajstić information content (AvgIpc) is 3.47. The van der Waals surface area contributed by atoms with Crippen LogP contribution in [0.15, 0.2) is 53.1 Å². The first-order valence-corrected chi connectivity index (χ1v) is 10.6. The predicted octanol–water partition coefficient (Wildman–Crippen LogP) is 3.87.